The van der Waals surface area contributed by atoms with Crippen LogP contribution in [0.5, 0.6) is 5.75 Å². The molecule has 0 radical (unpaired) electrons. The molecular formula is C13H14N2O4. The van der Waals surface area contributed by atoms with Crippen LogP contribution in [0.4, 0.5) is 0 Å². The fourth-order valence-electron chi connectivity index (χ4n) is 2.20. The first-order valence-corrected chi connectivity index (χ1v) is 6.07. The molecule has 6 heteroatoms. The molecule has 1 aliphatic heterocycles. The third-order valence-corrected chi connectivity index (χ3v) is 3.35. The third kappa shape index (κ3) is 2.04. The van der Waals surface area contributed by atoms with Gasteiger partial charge in [-0.25, -0.2) is 9.78 Å². The molecule has 1 aromatic carbocycles. The van der Waals surface area contributed by atoms with E-state index in [2.05, 4.69) is 4.98 Å². The minimum Gasteiger partial charge on any atom is -0.494 e. The van der Waals surface area contributed by atoms with E-state index in [1.165, 1.54) is 13.2 Å². The van der Waals surface area contributed by atoms with Gasteiger partial charge in [-0.2, -0.15) is 0 Å². The Morgan fingerprint density at radius 1 is 1.63 bits per heavy atom. The van der Waals surface area contributed by atoms with E-state index in [-0.39, 0.29) is 11.7 Å². The summed E-state index contributed by atoms with van der Waals surface area (Å²) in [5.74, 6) is -0.504. The lowest BCUT2D eigenvalue weighted by atomic mass is 10.1. The van der Waals surface area contributed by atoms with Crippen LogP contribution in [-0.4, -0.2) is 40.4 Å². The molecular weight excluding hydrogens is 248 g/mol. The highest BCUT2D eigenvalue weighted by atomic mass is 16.5. The monoisotopic (exact) mass is 262 g/mol. The zero-order valence-corrected chi connectivity index (χ0v) is 10.5. The van der Waals surface area contributed by atoms with Crippen molar-refractivity contribution in [2.45, 2.75) is 19.1 Å². The predicted molar refractivity (Wildman–Crippen MR) is 67.6 cm³/mol. The van der Waals surface area contributed by atoms with Crippen LogP contribution in [0.25, 0.3) is 11.0 Å². The summed E-state index contributed by atoms with van der Waals surface area (Å²) in [6.07, 6.45) is 2.91. The molecule has 2 heterocycles. The lowest BCUT2D eigenvalue weighted by Crippen LogP contribution is -2.30. The zero-order valence-electron chi connectivity index (χ0n) is 10.5. The lowest BCUT2D eigenvalue weighted by Gasteiger charge is -2.26. The largest absolute Gasteiger partial charge is 0.494 e. The summed E-state index contributed by atoms with van der Waals surface area (Å²) < 4.78 is 12.5. The second-order valence-electron chi connectivity index (χ2n) is 4.53. The summed E-state index contributed by atoms with van der Waals surface area (Å²) in [4.78, 5) is 15.4. The van der Waals surface area contributed by atoms with Crippen LogP contribution in [0.1, 0.15) is 16.8 Å². The van der Waals surface area contributed by atoms with E-state index < -0.39 is 5.97 Å². The Kier molecular flexibility index (Phi) is 2.87. The number of hydrogen-bond donors (Lipinski definition) is 1. The van der Waals surface area contributed by atoms with Crippen molar-refractivity contribution < 1.29 is 19.4 Å². The van der Waals surface area contributed by atoms with Crippen molar-refractivity contribution in [2.75, 3.05) is 13.7 Å². The van der Waals surface area contributed by atoms with Gasteiger partial charge in [-0.15, -0.1) is 0 Å². The van der Waals surface area contributed by atoms with Crippen LogP contribution in [0.15, 0.2) is 18.5 Å². The third-order valence-electron chi connectivity index (χ3n) is 3.35. The van der Waals surface area contributed by atoms with Gasteiger partial charge in [-0.05, 0) is 18.6 Å². The van der Waals surface area contributed by atoms with Gasteiger partial charge < -0.3 is 19.1 Å². The van der Waals surface area contributed by atoms with Gasteiger partial charge in [-0.1, -0.05) is 0 Å². The number of rotatable bonds is 4. The molecule has 0 saturated carbocycles. The summed E-state index contributed by atoms with van der Waals surface area (Å²) in [7, 11) is 1.51. The summed E-state index contributed by atoms with van der Waals surface area (Å²) in [5.41, 5.74) is 1.62. The van der Waals surface area contributed by atoms with Gasteiger partial charge in [0.2, 0.25) is 0 Å². The standard InChI is InChI=1S/C13H14N2O4/c1-18-11-5-8(13(16)17)4-10-12(11)14-7-15(10)6-9-2-3-19-9/h4-5,7,9H,2-3,6H2,1H3,(H,16,17)/t9-/m1/s1. The van der Waals surface area contributed by atoms with Crippen molar-refractivity contribution in [1.29, 1.82) is 0 Å². The van der Waals surface area contributed by atoms with E-state index in [0.29, 0.717) is 17.8 Å². The summed E-state index contributed by atoms with van der Waals surface area (Å²) in [6.45, 7) is 1.48. The maximum Gasteiger partial charge on any atom is 0.335 e. The van der Waals surface area contributed by atoms with Crippen molar-refractivity contribution in [2.24, 2.45) is 0 Å². The molecule has 6 nitrogen and oxygen atoms in total. The first kappa shape index (κ1) is 12.0. The van der Waals surface area contributed by atoms with Gasteiger partial charge >= 0.3 is 5.97 Å². The number of methoxy groups -OCH3 is 1. The van der Waals surface area contributed by atoms with Crippen molar-refractivity contribution in [1.82, 2.24) is 9.55 Å². The highest BCUT2D eigenvalue weighted by Crippen LogP contribution is 2.27. The Hall–Kier alpha value is -2.08. The summed E-state index contributed by atoms with van der Waals surface area (Å²) in [6, 6.07) is 3.10. The maximum absolute atomic E-state index is 11.1. The van der Waals surface area contributed by atoms with Crippen LogP contribution in [-0.2, 0) is 11.3 Å². The van der Waals surface area contributed by atoms with Crippen LogP contribution in [0, 0.1) is 0 Å². The van der Waals surface area contributed by atoms with Gasteiger partial charge in [0, 0.05) is 6.61 Å². The number of fused-ring (bicyclic) bond motifs is 1. The molecule has 0 amide bonds. The molecule has 19 heavy (non-hydrogen) atoms. The van der Waals surface area contributed by atoms with E-state index in [1.54, 1.807) is 12.4 Å². The number of aromatic nitrogens is 2. The number of nitrogens with zero attached hydrogens (tertiary/aromatic N) is 2. The van der Waals surface area contributed by atoms with E-state index >= 15 is 0 Å². The molecule has 2 aromatic rings. The van der Waals surface area contributed by atoms with E-state index in [0.717, 1.165) is 18.5 Å². The number of carboxylic acid groups (broad SMARTS) is 1. The number of carbonyl (C=O) groups is 1. The molecule has 1 saturated heterocycles. The predicted octanol–water partition coefficient (Wildman–Crippen LogP) is 1.53. The average molecular weight is 262 g/mol. The maximum atomic E-state index is 11.1. The smallest absolute Gasteiger partial charge is 0.335 e. The second kappa shape index (κ2) is 4.55. The zero-order chi connectivity index (χ0) is 13.4. The number of imidazole rings is 1. The molecule has 100 valence electrons. The molecule has 3 rings (SSSR count). The molecule has 1 N–H and O–H groups in total. The van der Waals surface area contributed by atoms with Crippen molar-refractivity contribution in [3.8, 4) is 5.75 Å². The van der Waals surface area contributed by atoms with E-state index in [4.69, 9.17) is 14.6 Å². The summed E-state index contributed by atoms with van der Waals surface area (Å²) in [5, 5.41) is 9.12. The number of benzene rings is 1. The quantitative estimate of drug-likeness (QED) is 0.904. The first-order valence-electron chi connectivity index (χ1n) is 6.07. The summed E-state index contributed by atoms with van der Waals surface area (Å²) >= 11 is 0. The molecule has 0 bridgehead atoms. The van der Waals surface area contributed by atoms with Gasteiger partial charge in [0.15, 0.2) is 0 Å². The van der Waals surface area contributed by atoms with Gasteiger partial charge in [0.1, 0.15) is 11.3 Å². The Labute approximate surface area is 109 Å². The second-order valence-corrected chi connectivity index (χ2v) is 4.53. The molecule has 1 fully saturated rings. The fourth-order valence-corrected chi connectivity index (χ4v) is 2.20. The van der Waals surface area contributed by atoms with Crippen molar-refractivity contribution >= 4 is 17.0 Å². The van der Waals surface area contributed by atoms with Crippen LogP contribution < -0.4 is 4.74 Å². The van der Waals surface area contributed by atoms with Crippen LogP contribution in [0.3, 0.4) is 0 Å². The Morgan fingerprint density at radius 2 is 2.42 bits per heavy atom. The van der Waals surface area contributed by atoms with Crippen molar-refractivity contribution in [3.05, 3.63) is 24.0 Å². The van der Waals surface area contributed by atoms with Crippen LogP contribution >= 0.6 is 0 Å². The Morgan fingerprint density at radius 3 is 3.00 bits per heavy atom. The van der Waals surface area contributed by atoms with E-state index in [9.17, 15) is 4.79 Å². The Bertz CT molecular complexity index is 631. The first-order chi connectivity index (χ1) is 9.19. The molecule has 0 spiro atoms. The average Bonchev–Trinajstić information content (AvgIpc) is 2.75. The topological polar surface area (TPSA) is 73.6 Å². The Balaban J connectivity index is 2.08. The molecule has 1 atom stereocenters. The number of hydrogen-bond acceptors (Lipinski definition) is 4. The van der Waals surface area contributed by atoms with Crippen molar-refractivity contribution in [3.63, 3.8) is 0 Å². The van der Waals surface area contributed by atoms with Gasteiger partial charge in [0.25, 0.3) is 0 Å². The highest BCUT2D eigenvalue weighted by molar-refractivity contribution is 5.95. The van der Waals surface area contributed by atoms with Gasteiger partial charge in [-0.3, -0.25) is 0 Å². The molecule has 1 aliphatic rings. The number of ether oxygens (including phenoxy) is 2. The van der Waals surface area contributed by atoms with E-state index in [1.807, 2.05) is 4.57 Å². The minimum atomic E-state index is -0.979. The molecule has 1 aromatic heterocycles. The fraction of sp³-hybridized carbons (Fsp3) is 0.385. The number of carboxylic acids is 1. The molecule has 0 unspecified atom stereocenters. The van der Waals surface area contributed by atoms with Crippen LogP contribution in [0.2, 0.25) is 0 Å². The lowest BCUT2D eigenvalue weighted by molar-refractivity contribution is -0.0586. The SMILES string of the molecule is COc1cc(C(=O)O)cc2c1ncn2C[C@H]1CCO1. The highest BCUT2D eigenvalue weighted by Gasteiger charge is 2.21. The minimum absolute atomic E-state index is 0.192. The van der Waals surface area contributed by atoms with Gasteiger partial charge in [0.05, 0.1) is 37.2 Å². The normalized spacial score (nSPS) is 18.3. The number of aromatic carboxylic acids is 1. The molecule has 0 aliphatic carbocycles.